The monoisotopic (exact) mass is 154 g/mol. The van der Waals surface area contributed by atoms with Gasteiger partial charge in [-0.15, -0.1) is 0 Å². The fourth-order valence-electron chi connectivity index (χ4n) is 2.52. The first kappa shape index (κ1) is 7.29. The number of hydrogen-bond donors (Lipinski definition) is 0. The normalized spacial score (nSPS) is 43.0. The van der Waals surface area contributed by atoms with Gasteiger partial charge in [0, 0.05) is 20.0 Å². The van der Waals surface area contributed by atoms with E-state index in [1.165, 1.54) is 0 Å². The van der Waals surface area contributed by atoms with Crippen molar-refractivity contribution in [3.05, 3.63) is 0 Å². The minimum atomic E-state index is 0.443. The topological polar surface area (TPSA) is 26.3 Å². The summed E-state index contributed by atoms with van der Waals surface area (Å²) in [5, 5.41) is 0. The highest BCUT2D eigenvalue weighted by Gasteiger charge is 2.40. The van der Waals surface area contributed by atoms with Crippen LogP contribution in [0.25, 0.3) is 0 Å². The van der Waals surface area contributed by atoms with Crippen LogP contribution in [0.4, 0.5) is 0 Å². The van der Waals surface area contributed by atoms with Gasteiger partial charge in [0.15, 0.2) is 0 Å². The number of fused-ring (bicyclic) bond motifs is 1. The highest BCUT2D eigenvalue weighted by Crippen LogP contribution is 2.43. The zero-order valence-electron chi connectivity index (χ0n) is 6.88. The molecular weight excluding hydrogens is 140 g/mol. The van der Waals surface area contributed by atoms with Crippen molar-refractivity contribution < 1.29 is 9.53 Å². The summed E-state index contributed by atoms with van der Waals surface area (Å²) in [7, 11) is 1.77. The molecule has 2 aliphatic carbocycles. The van der Waals surface area contributed by atoms with Gasteiger partial charge < -0.3 is 4.74 Å². The minimum absolute atomic E-state index is 0.443. The maximum absolute atomic E-state index is 11.0. The van der Waals surface area contributed by atoms with Gasteiger partial charge in [0.25, 0.3) is 0 Å². The van der Waals surface area contributed by atoms with E-state index in [1.54, 1.807) is 7.11 Å². The summed E-state index contributed by atoms with van der Waals surface area (Å²) in [6, 6.07) is 0. The van der Waals surface area contributed by atoms with Crippen LogP contribution in [-0.4, -0.2) is 19.0 Å². The summed E-state index contributed by atoms with van der Waals surface area (Å²) in [5.74, 6) is 1.79. The van der Waals surface area contributed by atoms with Crippen molar-refractivity contribution in [3.63, 3.8) is 0 Å². The van der Waals surface area contributed by atoms with Crippen molar-refractivity contribution in [1.82, 2.24) is 0 Å². The molecule has 0 heterocycles. The van der Waals surface area contributed by atoms with Crippen molar-refractivity contribution in [2.45, 2.75) is 31.8 Å². The number of carbonyl (C=O) groups is 1. The smallest absolute Gasteiger partial charge is 0.133 e. The Morgan fingerprint density at radius 1 is 1.27 bits per heavy atom. The molecule has 0 aliphatic heterocycles. The lowest BCUT2D eigenvalue weighted by Crippen LogP contribution is -2.07. The van der Waals surface area contributed by atoms with Crippen LogP contribution in [0.5, 0.6) is 0 Å². The Kier molecular flexibility index (Phi) is 1.72. The van der Waals surface area contributed by atoms with Crippen molar-refractivity contribution in [2.24, 2.45) is 11.8 Å². The van der Waals surface area contributed by atoms with E-state index in [0.717, 1.165) is 25.7 Å². The first-order chi connectivity index (χ1) is 5.29. The zero-order chi connectivity index (χ0) is 7.84. The lowest BCUT2D eigenvalue weighted by Gasteiger charge is -2.06. The molecule has 0 aromatic carbocycles. The van der Waals surface area contributed by atoms with Crippen LogP contribution in [0.3, 0.4) is 0 Å². The van der Waals surface area contributed by atoms with Crippen LogP contribution in [-0.2, 0) is 9.53 Å². The lowest BCUT2D eigenvalue weighted by molar-refractivity contribution is -0.118. The molecule has 0 aromatic heterocycles. The molecule has 2 fully saturated rings. The van der Waals surface area contributed by atoms with E-state index in [0.29, 0.717) is 23.7 Å². The Balaban J connectivity index is 1.98. The van der Waals surface area contributed by atoms with Gasteiger partial charge in [0.05, 0.1) is 6.10 Å². The molecule has 0 unspecified atom stereocenters. The molecule has 0 spiro atoms. The number of ketones is 1. The van der Waals surface area contributed by atoms with Crippen molar-refractivity contribution in [2.75, 3.05) is 7.11 Å². The van der Waals surface area contributed by atoms with Crippen LogP contribution >= 0.6 is 0 Å². The third-order valence-electron chi connectivity index (χ3n) is 3.11. The summed E-state index contributed by atoms with van der Waals surface area (Å²) in [5.41, 5.74) is 0. The predicted molar refractivity (Wildman–Crippen MR) is 41.3 cm³/mol. The third-order valence-corrected chi connectivity index (χ3v) is 3.11. The molecule has 0 aromatic rings. The summed E-state index contributed by atoms with van der Waals surface area (Å²) >= 11 is 0. The zero-order valence-corrected chi connectivity index (χ0v) is 6.88. The molecule has 0 radical (unpaired) electrons. The van der Waals surface area contributed by atoms with E-state index in [4.69, 9.17) is 4.74 Å². The van der Waals surface area contributed by atoms with E-state index in [2.05, 4.69) is 0 Å². The van der Waals surface area contributed by atoms with Crippen LogP contribution in [0, 0.1) is 11.8 Å². The number of hydrogen-bond acceptors (Lipinski definition) is 2. The largest absolute Gasteiger partial charge is 0.381 e. The summed E-state index contributed by atoms with van der Waals surface area (Å²) in [6.07, 6.45) is 4.33. The van der Waals surface area contributed by atoms with Crippen LogP contribution in [0.15, 0.2) is 0 Å². The molecular formula is C9H14O2. The van der Waals surface area contributed by atoms with Gasteiger partial charge in [0.1, 0.15) is 5.78 Å². The number of carbonyl (C=O) groups excluding carboxylic acids is 1. The molecule has 2 aliphatic rings. The Hall–Kier alpha value is -0.370. The number of methoxy groups -OCH3 is 1. The molecule has 2 rings (SSSR count). The fraction of sp³-hybridized carbons (Fsp3) is 0.889. The van der Waals surface area contributed by atoms with Gasteiger partial charge in [-0.1, -0.05) is 0 Å². The maximum Gasteiger partial charge on any atom is 0.133 e. The number of ether oxygens (including phenoxy) is 1. The first-order valence-electron chi connectivity index (χ1n) is 4.34. The first-order valence-corrected chi connectivity index (χ1v) is 4.34. The summed E-state index contributed by atoms with van der Waals surface area (Å²) in [6.45, 7) is 0. The highest BCUT2D eigenvalue weighted by atomic mass is 16.5. The van der Waals surface area contributed by atoms with Gasteiger partial charge >= 0.3 is 0 Å². The molecule has 0 saturated heterocycles. The van der Waals surface area contributed by atoms with E-state index < -0.39 is 0 Å². The molecule has 0 bridgehead atoms. The van der Waals surface area contributed by atoms with E-state index in [1.807, 2.05) is 0 Å². The van der Waals surface area contributed by atoms with E-state index >= 15 is 0 Å². The van der Waals surface area contributed by atoms with Crippen molar-refractivity contribution >= 4 is 5.78 Å². The van der Waals surface area contributed by atoms with Crippen LogP contribution < -0.4 is 0 Å². The van der Waals surface area contributed by atoms with Gasteiger partial charge in [-0.2, -0.15) is 0 Å². The average Bonchev–Trinajstić information content (AvgIpc) is 2.43. The van der Waals surface area contributed by atoms with Crippen molar-refractivity contribution in [3.8, 4) is 0 Å². The molecule has 11 heavy (non-hydrogen) atoms. The average molecular weight is 154 g/mol. The highest BCUT2D eigenvalue weighted by molar-refractivity contribution is 5.81. The molecule has 0 N–H and O–H groups in total. The second-order valence-electron chi connectivity index (χ2n) is 3.80. The molecule has 62 valence electrons. The Bertz CT molecular complexity index is 160. The van der Waals surface area contributed by atoms with Gasteiger partial charge in [-0.3, -0.25) is 4.79 Å². The van der Waals surface area contributed by atoms with Crippen LogP contribution in [0.1, 0.15) is 25.7 Å². The summed E-state index contributed by atoms with van der Waals surface area (Å²) < 4.78 is 5.27. The molecule has 2 heteroatoms. The number of Topliss-reactive ketones (excluding diaryl/α,β-unsaturated/α-hetero) is 1. The van der Waals surface area contributed by atoms with Gasteiger partial charge in [0.2, 0.25) is 0 Å². The minimum Gasteiger partial charge on any atom is -0.381 e. The van der Waals surface area contributed by atoms with E-state index in [-0.39, 0.29) is 0 Å². The summed E-state index contributed by atoms with van der Waals surface area (Å²) in [4.78, 5) is 11.0. The Morgan fingerprint density at radius 3 is 2.27 bits per heavy atom. The van der Waals surface area contributed by atoms with Gasteiger partial charge in [-0.25, -0.2) is 0 Å². The van der Waals surface area contributed by atoms with E-state index in [9.17, 15) is 4.79 Å². The fourth-order valence-corrected chi connectivity index (χ4v) is 2.52. The maximum atomic E-state index is 11.0. The lowest BCUT2D eigenvalue weighted by atomic mass is 10.0. The predicted octanol–water partition coefficient (Wildman–Crippen LogP) is 1.39. The quantitative estimate of drug-likeness (QED) is 0.570. The Morgan fingerprint density at radius 2 is 1.82 bits per heavy atom. The van der Waals surface area contributed by atoms with Crippen LogP contribution in [0.2, 0.25) is 0 Å². The molecule has 0 amide bonds. The molecule has 2 saturated carbocycles. The molecule has 2 nitrogen and oxygen atoms in total. The van der Waals surface area contributed by atoms with Gasteiger partial charge in [-0.05, 0) is 24.7 Å². The molecule has 3 atom stereocenters. The SMILES string of the molecule is CO[C@H]1C[C@H]2CC(=O)C[C@H]2C1. The van der Waals surface area contributed by atoms with Crippen molar-refractivity contribution in [1.29, 1.82) is 0 Å². The standard InChI is InChI=1S/C9H14O2/c1-11-9-4-6-2-8(10)3-7(6)5-9/h6-7,9H,2-5H2,1H3/t6-,7+,9+. The second kappa shape index (κ2) is 2.59. The second-order valence-corrected chi connectivity index (χ2v) is 3.80. The Labute approximate surface area is 66.9 Å². The third kappa shape index (κ3) is 1.20. The number of rotatable bonds is 1.